The quantitative estimate of drug-likeness (QED) is 0.791. The highest BCUT2D eigenvalue weighted by molar-refractivity contribution is 7.91. The Morgan fingerprint density at radius 3 is 2.52 bits per heavy atom. The number of sulfonamides is 1. The van der Waals surface area contributed by atoms with E-state index in [1.54, 1.807) is 20.3 Å². The summed E-state index contributed by atoms with van der Waals surface area (Å²) in [6.45, 7) is 2.14. The van der Waals surface area contributed by atoms with Gasteiger partial charge in [0.25, 0.3) is 0 Å². The standard InChI is InChI=1S/C16H21NO4S2/c1-4-12-9-10-16(22-12)23(18,19)17-11-15(21-3)13-7-5-6-8-14(13)20-2/h5-10,15,17H,4,11H2,1-3H3. The first kappa shape index (κ1) is 17.9. The first-order valence-electron chi connectivity index (χ1n) is 7.26. The fourth-order valence-corrected chi connectivity index (χ4v) is 4.57. The molecule has 1 atom stereocenters. The minimum Gasteiger partial charge on any atom is -0.496 e. The molecule has 0 aliphatic heterocycles. The molecule has 0 aliphatic rings. The summed E-state index contributed by atoms with van der Waals surface area (Å²) >= 11 is 1.29. The van der Waals surface area contributed by atoms with Crippen LogP contribution in [0.15, 0.2) is 40.6 Å². The van der Waals surface area contributed by atoms with Gasteiger partial charge in [0.1, 0.15) is 9.96 Å². The Morgan fingerprint density at radius 1 is 1.17 bits per heavy atom. The summed E-state index contributed by atoms with van der Waals surface area (Å²) in [5, 5.41) is 0. The fraction of sp³-hybridized carbons (Fsp3) is 0.375. The van der Waals surface area contributed by atoms with Crippen LogP contribution in [-0.2, 0) is 21.2 Å². The summed E-state index contributed by atoms with van der Waals surface area (Å²) in [4.78, 5) is 1.04. The molecule has 0 radical (unpaired) electrons. The van der Waals surface area contributed by atoms with E-state index in [0.717, 1.165) is 16.9 Å². The van der Waals surface area contributed by atoms with E-state index in [4.69, 9.17) is 9.47 Å². The zero-order chi connectivity index (χ0) is 16.9. The monoisotopic (exact) mass is 355 g/mol. The van der Waals surface area contributed by atoms with E-state index in [9.17, 15) is 8.42 Å². The average molecular weight is 355 g/mol. The number of benzene rings is 1. The highest BCUT2D eigenvalue weighted by Crippen LogP contribution is 2.27. The molecule has 0 fully saturated rings. The Hall–Kier alpha value is -1.41. The van der Waals surface area contributed by atoms with E-state index in [1.807, 2.05) is 37.3 Å². The second kappa shape index (κ2) is 7.92. The Kier molecular flexibility index (Phi) is 6.17. The maximum absolute atomic E-state index is 12.4. The summed E-state index contributed by atoms with van der Waals surface area (Å²) in [5.41, 5.74) is 0.806. The lowest BCUT2D eigenvalue weighted by atomic mass is 10.1. The lowest BCUT2D eigenvalue weighted by Gasteiger charge is -2.18. The van der Waals surface area contributed by atoms with E-state index in [-0.39, 0.29) is 6.54 Å². The molecule has 0 spiro atoms. The zero-order valence-corrected chi connectivity index (χ0v) is 15.0. The molecular weight excluding hydrogens is 334 g/mol. The number of hydrogen-bond donors (Lipinski definition) is 1. The van der Waals surface area contributed by atoms with E-state index >= 15 is 0 Å². The number of para-hydroxylation sites is 1. The minimum absolute atomic E-state index is 0.137. The Labute approximate surface area is 141 Å². The second-order valence-corrected chi connectivity index (χ2v) is 8.05. The van der Waals surface area contributed by atoms with Gasteiger partial charge < -0.3 is 9.47 Å². The van der Waals surface area contributed by atoms with Gasteiger partial charge in [-0.3, -0.25) is 0 Å². The van der Waals surface area contributed by atoms with Crippen LogP contribution in [0.25, 0.3) is 0 Å². The van der Waals surface area contributed by atoms with Gasteiger partial charge in [-0.05, 0) is 24.6 Å². The number of thiophene rings is 1. The summed E-state index contributed by atoms with van der Waals surface area (Å²) in [5.74, 6) is 0.669. The normalized spacial score (nSPS) is 13.0. The van der Waals surface area contributed by atoms with Gasteiger partial charge in [-0.15, -0.1) is 11.3 Å². The van der Waals surface area contributed by atoms with Crippen LogP contribution in [0.5, 0.6) is 5.75 Å². The summed E-state index contributed by atoms with van der Waals surface area (Å²) in [6.07, 6.45) is 0.397. The highest BCUT2D eigenvalue weighted by Gasteiger charge is 2.21. The van der Waals surface area contributed by atoms with Gasteiger partial charge in [0.05, 0.1) is 13.2 Å². The molecule has 1 heterocycles. The fourth-order valence-electron chi connectivity index (χ4n) is 2.20. The second-order valence-electron chi connectivity index (χ2n) is 4.89. The maximum atomic E-state index is 12.4. The van der Waals surface area contributed by atoms with Gasteiger partial charge in [0.2, 0.25) is 10.0 Å². The summed E-state index contributed by atoms with van der Waals surface area (Å²) in [7, 11) is -0.410. The van der Waals surface area contributed by atoms with E-state index in [1.165, 1.54) is 11.3 Å². The first-order chi connectivity index (χ1) is 11.0. The maximum Gasteiger partial charge on any atom is 0.250 e. The predicted octanol–water partition coefficient (Wildman–Crippen LogP) is 2.99. The molecule has 7 heteroatoms. The summed E-state index contributed by atoms with van der Waals surface area (Å²) in [6, 6.07) is 10.9. The molecule has 0 aliphatic carbocycles. The largest absolute Gasteiger partial charge is 0.496 e. The number of hydrogen-bond acceptors (Lipinski definition) is 5. The molecule has 0 amide bonds. The van der Waals surface area contributed by atoms with Crippen molar-refractivity contribution < 1.29 is 17.9 Å². The van der Waals surface area contributed by atoms with Gasteiger partial charge in [-0.25, -0.2) is 13.1 Å². The third-order valence-electron chi connectivity index (χ3n) is 3.48. The topological polar surface area (TPSA) is 64.6 Å². The number of rotatable bonds is 8. The first-order valence-corrected chi connectivity index (χ1v) is 9.55. The molecule has 0 bridgehead atoms. The molecule has 5 nitrogen and oxygen atoms in total. The van der Waals surface area contributed by atoms with Crippen LogP contribution in [-0.4, -0.2) is 29.2 Å². The van der Waals surface area contributed by atoms with Crippen molar-refractivity contribution in [2.45, 2.75) is 23.7 Å². The molecule has 1 aromatic carbocycles. The molecule has 126 valence electrons. The molecule has 2 aromatic rings. The van der Waals surface area contributed by atoms with E-state index < -0.39 is 16.1 Å². The van der Waals surface area contributed by atoms with Crippen molar-refractivity contribution in [1.29, 1.82) is 0 Å². The molecule has 2 rings (SSSR count). The van der Waals surface area contributed by atoms with Crippen LogP contribution in [0.3, 0.4) is 0 Å². The minimum atomic E-state index is -3.53. The molecule has 1 aromatic heterocycles. The van der Waals surface area contributed by atoms with Crippen LogP contribution >= 0.6 is 11.3 Å². The van der Waals surface area contributed by atoms with E-state index in [2.05, 4.69) is 4.72 Å². The van der Waals surface area contributed by atoms with Crippen molar-refractivity contribution in [3.8, 4) is 5.75 Å². The smallest absolute Gasteiger partial charge is 0.250 e. The average Bonchev–Trinajstić information content (AvgIpc) is 3.06. The third kappa shape index (κ3) is 4.32. The molecular formula is C16H21NO4S2. The number of ether oxygens (including phenoxy) is 2. The number of nitrogens with one attached hydrogen (secondary N) is 1. The number of aryl methyl sites for hydroxylation is 1. The molecule has 23 heavy (non-hydrogen) atoms. The van der Waals surface area contributed by atoms with Crippen molar-refractivity contribution in [3.63, 3.8) is 0 Å². The van der Waals surface area contributed by atoms with Gasteiger partial charge in [0.15, 0.2) is 0 Å². The van der Waals surface area contributed by atoms with Crippen LogP contribution in [0.4, 0.5) is 0 Å². The van der Waals surface area contributed by atoms with Gasteiger partial charge in [-0.2, -0.15) is 0 Å². The molecule has 0 saturated heterocycles. The van der Waals surface area contributed by atoms with Crippen molar-refractivity contribution >= 4 is 21.4 Å². The summed E-state index contributed by atoms with van der Waals surface area (Å²) < 4.78 is 38.4. The van der Waals surface area contributed by atoms with Crippen LogP contribution in [0, 0.1) is 0 Å². The highest BCUT2D eigenvalue weighted by atomic mass is 32.2. The molecule has 0 saturated carbocycles. The van der Waals surface area contributed by atoms with E-state index in [0.29, 0.717) is 9.96 Å². The van der Waals surface area contributed by atoms with Crippen molar-refractivity contribution in [2.24, 2.45) is 0 Å². The van der Waals surface area contributed by atoms with Gasteiger partial charge >= 0.3 is 0 Å². The zero-order valence-electron chi connectivity index (χ0n) is 13.4. The SMILES string of the molecule is CCc1ccc(S(=O)(=O)NCC(OC)c2ccccc2OC)s1. The predicted molar refractivity (Wildman–Crippen MR) is 91.6 cm³/mol. The van der Waals surface area contributed by atoms with Gasteiger partial charge in [0, 0.05) is 24.1 Å². The van der Waals surface area contributed by atoms with Crippen LogP contribution in [0.2, 0.25) is 0 Å². The lowest BCUT2D eigenvalue weighted by Crippen LogP contribution is -2.29. The third-order valence-corrected chi connectivity index (χ3v) is 6.62. The Bertz CT molecular complexity index is 740. The molecule has 1 unspecified atom stereocenters. The van der Waals surface area contributed by atoms with Crippen molar-refractivity contribution in [3.05, 3.63) is 46.8 Å². The van der Waals surface area contributed by atoms with Crippen LogP contribution < -0.4 is 9.46 Å². The Morgan fingerprint density at radius 2 is 1.91 bits per heavy atom. The molecule has 1 N–H and O–H groups in total. The number of methoxy groups -OCH3 is 2. The Balaban J connectivity index is 2.13. The van der Waals surface area contributed by atoms with Crippen molar-refractivity contribution in [2.75, 3.05) is 20.8 Å². The van der Waals surface area contributed by atoms with Crippen molar-refractivity contribution in [1.82, 2.24) is 4.72 Å². The van der Waals surface area contributed by atoms with Gasteiger partial charge in [-0.1, -0.05) is 25.1 Å². The lowest BCUT2D eigenvalue weighted by molar-refractivity contribution is 0.105. The van der Waals surface area contributed by atoms with Crippen LogP contribution in [0.1, 0.15) is 23.5 Å².